The van der Waals surface area contributed by atoms with Crippen molar-refractivity contribution in [2.45, 2.75) is 19.8 Å². The third-order valence-electron chi connectivity index (χ3n) is 2.08. The summed E-state index contributed by atoms with van der Waals surface area (Å²) in [6.07, 6.45) is 0. The van der Waals surface area contributed by atoms with Crippen LogP contribution in [0.5, 0.6) is 0 Å². The normalized spacial score (nSPS) is 12.1. The minimum absolute atomic E-state index is 0.197. The molecule has 0 spiro atoms. The van der Waals surface area contributed by atoms with Crippen molar-refractivity contribution in [2.75, 3.05) is 12.3 Å². The highest BCUT2D eigenvalue weighted by atomic mass is 16.5. The van der Waals surface area contributed by atoms with Gasteiger partial charge in [0.1, 0.15) is 0 Å². The number of esters is 1. The molecule has 0 aliphatic heterocycles. The summed E-state index contributed by atoms with van der Waals surface area (Å²) in [4.78, 5) is 11.4. The van der Waals surface area contributed by atoms with Crippen molar-refractivity contribution in [2.24, 2.45) is 0 Å². The largest absolute Gasteiger partial charge is 0.466 e. The molecule has 3 heteroatoms. The Balaban J connectivity index is 2.73. The Labute approximate surface area is 83.9 Å². The molecule has 14 heavy (non-hydrogen) atoms. The monoisotopic (exact) mass is 193 g/mol. The van der Waals surface area contributed by atoms with E-state index in [0.29, 0.717) is 12.3 Å². The summed E-state index contributed by atoms with van der Waals surface area (Å²) in [5.41, 5.74) is 7.17. The minimum atomic E-state index is -0.226. The summed E-state index contributed by atoms with van der Waals surface area (Å²) < 4.78 is 4.92. The van der Waals surface area contributed by atoms with Crippen LogP contribution in [0.1, 0.15) is 25.3 Å². The van der Waals surface area contributed by atoms with Crippen molar-refractivity contribution in [3.8, 4) is 0 Å². The highest BCUT2D eigenvalue weighted by Gasteiger charge is 2.15. The van der Waals surface area contributed by atoms with Crippen molar-refractivity contribution >= 4 is 11.7 Å². The van der Waals surface area contributed by atoms with Crippen molar-refractivity contribution in [1.82, 2.24) is 0 Å². The van der Waals surface area contributed by atoms with Crippen LogP contribution in [0.25, 0.3) is 0 Å². The maximum absolute atomic E-state index is 11.4. The average Bonchev–Trinajstić information content (AvgIpc) is 2.18. The number of rotatable bonds is 3. The molecule has 0 saturated heterocycles. The van der Waals surface area contributed by atoms with Gasteiger partial charge >= 0.3 is 5.97 Å². The zero-order valence-electron chi connectivity index (χ0n) is 8.49. The highest BCUT2D eigenvalue weighted by molar-refractivity contribution is 5.77. The molecule has 1 rings (SSSR count). The number of hydrogen-bond donors (Lipinski definition) is 1. The fourth-order valence-corrected chi connectivity index (χ4v) is 1.19. The summed E-state index contributed by atoms with van der Waals surface area (Å²) in [5, 5.41) is 0. The van der Waals surface area contributed by atoms with Gasteiger partial charge in [0, 0.05) is 5.69 Å². The number of ether oxygens (including phenoxy) is 1. The first kappa shape index (κ1) is 10.6. The van der Waals surface area contributed by atoms with Gasteiger partial charge in [0.15, 0.2) is 0 Å². The third kappa shape index (κ3) is 2.49. The number of nitrogen functional groups attached to an aromatic ring is 1. The number of carbonyl (C=O) groups excluding carboxylic acids is 1. The molecule has 76 valence electrons. The van der Waals surface area contributed by atoms with Crippen molar-refractivity contribution in [3.63, 3.8) is 0 Å². The van der Waals surface area contributed by atoms with Crippen LogP contribution in [0, 0.1) is 0 Å². The molecule has 0 heterocycles. The summed E-state index contributed by atoms with van der Waals surface area (Å²) in [7, 11) is 0. The molecule has 0 saturated carbocycles. The van der Waals surface area contributed by atoms with Gasteiger partial charge in [-0.1, -0.05) is 12.1 Å². The molecule has 1 atom stereocenters. The van der Waals surface area contributed by atoms with E-state index >= 15 is 0 Å². The summed E-state index contributed by atoms with van der Waals surface area (Å²) in [6.45, 7) is 4.04. The molecule has 0 amide bonds. The molecule has 0 fully saturated rings. The summed E-state index contributed by atoms with van der Waals surface area (Å²) in [6, 6.07) is 7.25. The van der Waals surface area contributed by atoms with Crippen LogP contribution in [-0.2, 0) is 9.53 Å². The van der Waals surface area contributed by atoms with Crippen LogP contribution >= 0.6 is 0 Å². The van der Waals surface area contributed by atoms with Crippen LogP contribution in [0.15, 0.2) is 24.3 Å². The molecule has 1 aromatic rings. The molecule has 0 aliphatic carbocycles. The Kier molecular flexibility index (Phi) is 3.51. The van der Waals surface area contributed by atoms with E-state index in [2.05, 4.69) is 0 Å². The average molecular weight is 193 g/mol. The molecule has 0 aromatic heterocycles. The summed E-state index contributed by atoms with van der Waals surface area (Å²) in [5.74, 6) is -0.423. The maximum atomic E-state index is 11.4. The molecule has 2 N–H and O–H groups in total. The van der Waals surface area contributed by atoms with Crippen LogP contribution < -0.4 is 5.73 Å². The molecule has 1 aromatic carbocycles. The van der Waals surface area contributed by atoms with Gasteiger partial charge < -0.3 is 10.5 Å². The van der Waals surface area contributed by atoms with Gasteiger partial charge in [-0.15, -0.1) is 0 Å². The molecule has 0 bridgehead atoms. The molecule has 0 aliphatic rings. The quantitative estimate of drug-likeness (QED) is 0.589. The fraction of sp³-hybridized carbons (Fsp3) is 0.364. The Hall–Kier alpha value is -1.51. The Bertz CT molecular complexity index is 306. The molecular weight excluding hydrogens is 178 g/mol. The Morgan fingerprint density at radius 2 is 2.00 bits per heavy atom. The van der Waals surface area contributed by atoms with E-state index in [1.165, 1.54) is 0 Å². The molecule has 3 nitrogen and oxygen atoms in total. The maximum Gasteiger partial charge on any atom is 0.313 e. The second kappa shape index (κ2) is 4.65. The van der Waals surface area contributed by atoms with Crippen LogP contribution in [0.2, 0.25) is 0 Å². The van der Waals surface area contributed by atoms with E-state index in [4.69, 9.17) is 10.5 Å². The van der Waals surface area contributed by atoms with E-state index in [0.717, 1.165) is 5.56 Å². The minimum Gasteiger partial charge on any atom is -0.466 e. The zero-order chi connectivity index (χ0) is 10.6. The lowest BCUT2D eigenvalue weighted by Crippen LogP contribution is -2.12. The zero-order valence-corrected chi connectivity index (χ0v) is 8.49. The fourth-order valence-electron chi connectivity index (χ4n) is 1.19. The van der Waals surface area contributed by atoms with Gasteiger partial charge in [-0.05, 0) is 31.5 Å². The van der Waals surface area contributed by atoms with Gasteiger partial charge in [0.25, 0.3) is 0 Å². The van der Waals surface area contributed by atoms with E-state index in [1.54, 1.807) is 19.1 Å². The van der Waals surface area contributed by atoms with Crippen LogP contribution in [0.4, 0.5) is 5.69 Å². The van der Waals surface area contributed by atoms with Gasteiger partial charge in [-0.3, -0.25) is 4.79 Å². The summed E-state index contributed by atoms with van der Waals surface area (Å²) >= 11 is 0. The lowest BCUT2D eigenvalue weighted by molar-refractivity contribution is -0.144. The van der Waals surface area contributed by atoms with Crippen molar-refractivity contribution < 1.29 is 9.53 Å². The van der Waals surface area contributed by atoms with Gasteiger partial charge in [-0.2, -0.15) is 0 Å². The standard InChI is InChI=1S/C11H15NO2/c1-3-14-11(13)8(2)9-4-6-10(12)7-5-9/h4-8H,3,12H2,1-2H3/t8-/m1/s1. The van der Waals surface area contributed by atoms with Crippen LogP contribution in [-0.4, -0.2) is 12.6 Å². The number of hydrogen-bond acceptors (Lipinski definition) is 3. The SMILES string of the molecule is CCOC(=O)[C@H](C)c1ccc(N)cc1. The molecule has 0 radical (unpaired) electrons. The van der Waals surface area contributed by atoms with E-state index < -0.39 is 0 Å². The number of nitrogens with two attached hydrogens (primary N) is 1. The van der Waals surface area contributed by atoms with E-state index in [1.807, 2.05) is 19.1 Å². The third-order valence-corrected chi connectivity index (χ3v) is 2.08. The first-order valence-electron chi connectivity index (χ1n) is 4.67. The second-order valence-electron chi connectivity index (χ2n) is 3.14. The van der Waals surface area contributed by atoms with Crippen molar-refractivity contribution in [3.05, 3.63) is 29.8 Å². The Morgan fingerprint density at radius 3 is 2.50 bits per heavy atom. The van der Waals surface area contributed by atoms with Crippen molar-refractivity contribution in [1.29, 1.82) is 0 Å². The van der Waals surface area contributed by atoms with Crippen LogP contribution in [0.3, 0.4) is 0 Å². The Morgan fingerprint density at radius 1 is 1.43 bits per heavy atom. The first-order chi connectivity index (χ1) is 6.65. The predicted molar refractivity (Wildman–Crippen MR) is 55.9 cm³/mol. The number of anilines is 1. The molecule has 0 unspecified atom stereocenters. The molecular formula is C11H15NO2. The predicted octanol–water partition coefficient (Wildman–Crippen LogP) is 1.94. The lowest BCUT2D eigenvalue weighted by Gasteiger charge is -2.10. The number of benzene rings is 1. The number of carbonyl (C=O) groups is 1. The van der Waals surface area contributed by atoms with Gasteiger partial charge in [0.05, 0.1) is 12.5 Å². The second-order valence-corrected chi connectivity index (χ2v) is 3.14. The van der Waals surface area contributed by atoms with Gasteiger partial charge in [-0.25, -0.2) is 0 Å². The lowest BCUT2D eigenvalue weighted by atomic mass is 10.0. The van der Waals surface area contributed by atoms with Gasteiger partial charge in [0.2, 0.25) is 0 Å². The van der Waals surface area contributed by atoms with E-state index in [-0.39, 0.29) is 11.9 Å². The topological polar surface area (TPSA) is 52.3 Å². The van der Waals surface area contributed by atoms with E-state index in [9.17, 15) is 4.79 Å². The first-order valence-corrected chi connectivity index (χ1v) is 4.67. The highest BCUT2D eigenvalue weighted by Crippen LogP contribution is 2.17. The smallest absolute Gasteiger partial charge is 0.313 e.